The number of benzene rings is 2. The fourth-order valence-corrected chi connectivity index (χ4v) is 4.12. The first kappa shape index (κ1) is 17.5. The number of rotatable bonds is 5. The number of carbonyl (C=O) groups excluding carboxylic acids is 1. The summed E-state index contributed by atoms with van der Waals surface area (Å²) in [7, 11) is 0. The van der Waals surface area contributed by atoms with Crippen LogP contribution in [-0.4, -0.2) is 10.9 Å². The lowest BCUT2D eigenvalue weighted by Crippen LogP contribution is -2.30. The minimum atomic E-state index is -0.0767. The summed E-state index contributed by atoms with van der Waals surface area (Å²) in [6.45, 7) is 4.45. The highest BCUT2D eigenvalue weighted by Gasteiger charge is 2.23. The van der Waals surface area contributed by atoms with Crippen LogP contribution in [0, 0.1) is 6.92 Å². The average Bonchev–Trinajstić information content (AvgIpc) is 3.34. The SMILES string of the molecule is CCc1cccc2sc(N(Cc3ccco3)C(=O)c3cccc(C)c3)nc12. The monoisotopic (exact) mass is 376 g/mol. The van der Waals surface area contributed by atoms with Crippen LogP contribution in [0.25, 0.3) is 10.2 Å². The highest BCUT2D eigenvalue weighted by atomic mass is 32.1. The molecule has 27 heavy (non-hydrogen) atoms. The van der Waals surface area contributed by atoms with Crippen molar-refractivity contribution in [3.63, 3.8) is 0 Å². The maximum atomic E-state index is 13.3. The predicted molar refractivity (Wildman–Crippen MR) is 109 cm³/mol. The van der Waals surface area contributed by atoms with Gasteiger partial charge in [-0.05, 0) is 49.2 Å². The summed E-state index contributed by atoms with van der Waals surface area (Å²) in [5.41, 5.74) is 3.87. The fraction of sp³-hybridized carbons (Fsp3) is 0.182. The zero-order valence-corrected chi connectivity index (χ0v) is 16.1. The van der Waals surface area contributed by atoms with Crippen LogP contribution in [0.15, 0.2) is 65.3 Å². The number of aryl methyl sites for hydroxylation is 2. The molecule has 0 bridgehead atoms. The topological polar surface area (TPSA) is 46.3 Å². The Morgan fingerprint density at radius 1 is 1.15 bits per heavy atom. The van der Waals surface area contributed by atoms with Crippen LogP contribution in [0.3, 0.4) is 0 Å². The van der Waals surface area contributed by atoms with E-state index < -0.39 is 0 Å². The van der Waals surface area contributed by atoms with Gasteiger partial charge < -0.3 is 4.42 Å². The maximum Gasteiger partial charge on any atom is 0.260 e. The van der Waals surface area contributed by atoms with Crippen LogP contribution < -0.4 is 4.90 Å². The van der Waals surface area contributed by atoms with Crippen molar-refractivity contribution in [2.45, 2.75) is 26.8 Å². The van der Waals surface area contributed by atoms with Gasteiger partial charge >= 0.3 is 0 Å². The molecule has 2 aromatic heterocycles. The summed E-state index contributed by atoms with van der Waals surface area (Å²) in [5, 5.41) is 0.689. The van der Waals surface area contributed by atoms with Crippen molar-refractivity contribution >= 4 is 32.6 Å². The highest BCUT2D eigenvalue weighted by molar-refractivity contribution is 7.22. The van der Waals surface area contributed by atoms with E-state index in [-0.39, 0.29) is 5.91 Å². The van der Waals surface area contributed by atoms with Gasteiger partial charge in [0.25, 0.3) is 5.91 Å². The third kappa shape index (κ3) is 3.51. The summed E-state index contributed by atoms with van der Waals surface area (Å²) >= 11 is 1.54. The summed E-state index contributed by atoms with van der Waals surface area (Å²) < 4.78 is 6.59. The third-order valence-corrected chi connectivity index (χ3v) is 5.55. The second-order valence-electron chi connectivity index (χ2n) is 6.45. The smallest absolute Gasteiger partial charge is 0.260 e. The first-order chi connectivity index (χ1) is 13.2. The summed E-state index contributed by atoms with van der Waals surface area (Å²) in [6, 6.07) is 17.5. The molecular weight excluding hydrogens is 356 g/mol. The van der Waals surface area contributed by atoms with Gasteiger partial charge in [-0.2, -0.15) is 0 Å². The third-order valence-electron chi connectivity index (χ3n) is 4.51. The molecule has 0 aliphatic heterocycles. The molecule has 0 unspecified atom stereocenters. The zero-order valence-electron chi connectivity index (χ0n) is 15.3. The molecule has 0 spiro atoms. The van der Waals surface area contributed by atoms with E-state index in [9.17, 15) is 4.79 Å². The number of anilines is 1. The fourth-order valence-electron chi connectivity index (χ4n) is 3.11. The molecular formula is C22H20N2O2S. The van der Waals surface area contributed by atoms with Crippen LogP contribution in [0.4, 0.5) is 5.13 Å². The number of nitrogens with zero attached hydrogens (tertiary/aromatic N) is 2. The Labute approximate surface area is 162 Å². The largest absolute Gasteiger partial charge is 0.467 e. The van der Waals surface area contributed by atoms with Gasteiger partial charge in [0, 0.05) is 5.56 Å². The molecule has 0 fully saturated rings. The quantitative estimate of drug-likeness (QED) is 0.455. The molecule has 136 valence electrons. The molecule has 0 saturated heterocycles. The molecule has 4 aromatic rings. The number of thiazole rings is 1. The van der Waals surface area contributed by atoms with Crippen LogP contribution in [0.1, 0.15) is 34.2 Å². The van der Waals surface area contributed by atoms with Crippen molar-refractivity contribution in [1.82, 2.24) is 4.98 Å². The van der Waals surface area contributed by atoms with Gasteiger partial charge in [-0.3, -0.25) is 9.69 Å². The van der Waals surface area contributed by atoms with Crippen LogP contribution in [0.5, 0.6) is 0 Å². The van der Waals surface area contributed by atoms with Crippen LogP contribution >= 0.6 is 11.3 Å². The lowest BCUT2D eigenvalue weighted by atomic mass is 10.1. The molecule has 4 rings (SSSR count). The first-order valence-corrected chi connectivity index (χ1v) is 9.76. The second kappa shape index (κ2) is 7.37. The van der Waals surface area contributed by atoms with Gasteiger partial charge in [-0.15, -0.1) is 0 Å². The van der Waals surface area contributed by atoms with E-state index in [1.807, 2.05) is 49.4 Å². The Kier molecular flexibility index (Phi) is 4.77. The van der Waals surface area contributed by atoms with Gasteiger partial charge in [0.05, 0.1) is 23.0 Å². The van der Waals surface area contributed by atoms with Crippen molar-refractivity contribution in [1.29, 1.82) is 0 Å². The molecule has 0 saturated carbocycles. The second-order valence-corrected chi connectivity index (χ2v) is 7.46. The minimum Gasteiger partial charge on any atom is -0.467 e. The molecule has 1 amide bonds. The highest BCUT2D eigenvalue weighted by Crippen LogP contribution is 2.32. The van der Waals surface area contributed by atoms with E-state index in [1.54, 1.807) is 11.2 Å². The summed E-state index contributed by atoms with van der Waals surface area (Å²) in [5.74, 6) is 0.651. The van der Waals surface area contributed by atoms with E-state index >= 15 is 0 Å². The molecule has 5 heteroatoms. The predicted octanol–water partition coefficient (Wildman–Crippen LogP) is 5.61. The van der Waals surface area contributed by atoms with E-state index in [0.29, 0.717) is 17.2 Å². The molecule has 0 radical (unpaired) electrons. The Morgan fingerprint density at radius 3 is 2.74 bits per heavy atom. The van der Waals surface area contributed by atoms with Crippen molar-refractivity contribution in [2.75, 3.05) is 4.90 Å². The number of aromatic nitrogens is 1. The van der Waals surface area contributed by atoms with E-state index in [1.165, 1.54) is 16.9 Å². The summed E-state index contributed by atoms with van der Waals surface area (Å²) in [6.07, 6.45) is 2.53. The molecule has 4 nitrogen and oxygen atoms in total. The first-order valence-electron chi connectivity index (χ1n) is 8.95. The standard InChI is InChI=1S/C22H20N2O2S/c1-3-16-8-5-11-19-20(16)23-22(27-19)24(14-18-10-6-12-26-18)21(25)17-9-4-7-15(2)13-17/h4-13H,3,14H2,1-2H3. The van der Waals surface area contributed by atoms with Crippen molar-refractivity contribution in [2.24, 2.45) is 0 Å². The van der Waals surface area contributed by atoms with Gasteiger partial charge in [-0.25, -0.2) is 4.98 Å². The Morgan fingerprint density at radius 2 is 2.00 bits per heavy atom. The number of hydrogen-bond acceptors (Lipinski definition) is 4. The van der Waals surface area contributed by atoms with Gasteiger partial charge in [0.1, 0.15) is 5.76 Å². The van der Waals surface area contributed by atoms with Crippen molar-refractivity contribution in [3.8, 4) is 0 Å². The van der Waals surface area contributed by atoms with Gasteiger partial charge in [0.2, 0.25) is 0 Å². The molecule has 0 aliphatic carbocycles. The van der Waals surface area contributed by atoms with E-state index in [0.717, 1.165) is 28.0 Å². The number of carbonyl (C=O) groups is 1. The Balaban J connectivity index is 1.79. The molecule has 2 heterocycles. The van der Waals surface area contributed by atoms with Crippen LogP contribution in [-0.2, 0) is 13.0 Å². The molecule has 0 atom stereocenters. The molecule has 0 N–H and O–H groups in total. The van der Waals surface area contributed by atoms with E-state index in [4.69, 9.17) is 9.40 Å². The zero-order chi connectivity index (χ0) is 18.8. The Bertz CT molecular complexity index is 1080. The number of fused-ring (bicyclic) bond motifs is 1. The number of amides is 1. The lowest BCUT2D eigenvalue weighted by molar-refractivity contribution is 0.0983. The maximum absolute atomic E-state index is 13.3. The van der Waals surface area contributed by atoms with Gasteiger partial charge in [0.15, 0.2) is 5.13 Å². The molecule has 2 aromatic carbocycles. The van der Waals surface area contributed by atoms with Crippen molar-refractivity contribution < 1.29 is 9.21 Å². The van der Waals surface area contributed by atoms with Gasteiger partial charge in [-0.1, -0.05) is 48.1 Å². The Hall–Kier alpha value is -2.92. The average molecular weight is 376 g/mol. The number of para-hydroxylation sites is 1. The summed E-state index contributed by atoms with van der Waals surface area (Å²) in [4.78, 5) is 19.8. The van der Waals surface area contributed by atoms with Crippen LogP contribution in [0.2, 0.25) is 0 Å². The molecule has 0 aliphatic rings. The van der Waals surface area contributed by atoms with E-state index in [2.05, 4.69) is 19.1 Å². The normalized spacial score (nSPS) is 11.0. The number of furan rings is 1. The lowest BCUT2D eigenvalue weighted by Gasteiger charge is -2.19. The number of hydrogen-bond donors (Lipinski definition) is 0. The minimum absolute atomic E-state index is 0.0767. The van der Waals surface area contributed by atoms with Crippen molar-refractivity contribution in [3.05, 3.63) is 83.3 Å².